The first-order valence-corrected chi connectivity index (χ1v) is 12.9. The van der Waals surface area contributed by atoms with Crippen LogP contribution in [0, 0.1) is 35.5 Å². The summed E-state index contributed by atoms with van der Waals surface area (Å²) in [6.45, 7) is 8.63. The highest BCUT2D eigenvalue weighted by Gasteiger charge is 2.65. The molecule has 0 spiro atoms. The number of ketones is 1. The van der Waals surface area contributed by atoms with Crippen molar-refractivity contribution >= 4 is 5.78 Å². The normalized spacial score (nSPS) is 44.4. The third-order valence-electron chi connectivity index (χ3n) is 10.5. The molecule has 180 valence electrons. The number of carbonyl (C=O) groups is 1. The highest BCUT2D eigenvalue weighted by atomic mass is 16.6. The molecule has 0 aliphatic heterocycles. The number of hydrogen-bond donors (Lipinski definition) is 2. The van der Waals surface area contributed by atoms with E-state index in [2.05, 4.69) is 51.1 Å². The molecule has 7 atom stereocenters. The fourth-order valence-electron chi connectivity index (χ4n) is 8.24. The zero-order valence-corrected chi connectivity index (χ0v) is 20.7. The van der Waals surface area contributed by atoms with Gasteiger partial charge in [-0.05, 0) is 81.1 Å². The summed E-state index contributed by atoms with van der Waals surface area (Å²) in [5, 5.41) is 22.7. The number of allylic oxidation sites excluding steroid dienone is 1. The molecular formula is C29H40O4. The van der Waals surface area contributed by atoms with Crippen molar-refractivity contribution in [1.82, 2.24) is 0 Å². The Morgan fingerprint density at radius 2 is 1.73 bits per heavy atom. The van der Waals surface area contributed by atoms with Crippen molar-refractivity contribution in [3.63, 3.8) is 0 Å². The number of aryl methyl sites for hydroxylation is 1. The molecule has 7 unspecified atom stereocenters. The van der Waals surface area contributed by atoms with Gasteiger partial charge in [-0.15, -0.1) is 0 Å². The molecule has 0 amide bonds. The molecule has 3 fully saturated rings. The van der Waals surface area contributed by atoms with Gasteiger partial charge in [0.1, 0.15) is 5.60 Å². The molecule has 33 heavy (non-hydrogen) atoms. The highest BCUT2D eigenvalue weighted by molar-refractivity contribution is 5.86. The Kier molecular flexibility index (Phi) is 5.47. The average Bonchev–Trinajstić information content (AvgIpc) is 3.06. The zero-order chi connectivity index (χ0) is 23.6. The number of benzene rings is 1. The predicted octanol–water partition coefficient (Wildman–Crippen LogP) is 5.48. The minimum atomic E-state index is -1.16. The van der Waals surface area contributed by atoms with Crippen LogP contribution in [0.15, 0.2) is 35.9 Å². The van der Waals surface area contributed by atoms with Crippen LogP contribution in [0.5, 0.6) is 0 Å². The maximum absolute atomic E-state index is 12.4. The molecule has 0 aromatic heterocycles. The monoisotopic (exact) mass is 452 g/mol. The standard InChI is InChI=1S/C29H40O4/c1-19-5-7-21(8-6-19)18-33-28(31)16-15-26(3)22(17-28)9-10-23-24(26)11-13-27(4)25(23)12-14-29(27,32)20(2)30/h5-9,23-25,31-32H,10-18H2,1-4H3. The van der Waals surface area contributed by atoms with E-state index in [1.165, 1.54) is 11.1 Å². The Bertz CT molecular complexity index is 966. The van der Waals surface area contributed by atoms with Crippen LogP contribution in [0.25, 0.3) is 0 Å². The summed E-state index contributed by atoms with van der Waals surface area (Å²) in [6.07, 6.45) is 9.01. The van der Waals surface area contributed by atoms with Crippen molar-refractivity contribution < 1.29 is 19.7 Å². The molecule has 5 rings (SSSR count). The third kappa shape index (κ3) is 3.47. The quantitative estimate of drug-likeness (QED) is 0.469. The molecule has 4 nitrogen and oxygen atoms in total. The van der Waals surface area contributed by atoms with Gasteiger partial charge < -0.3 is 14.9 Å². The van der Waals surface area contributed by atoms with E-state index in [9.17, 15) is 15.0 Å². The number of aliphatic hydroxyl groups is 2. The second-order valence-corrected chi connectivity index (χ2v) is 12.1. The second kappa shape index (κ2) is 7.76. The van der Waals surface area contributed by atoms with Crippen molar-refractivity contribution in [1.29, 1.82) is 0 Å². The van der Waals surface area contributed by atoms with Gasteiger partial charge in [-0.2, -0.15) is 0 Å². The van der Waals surface area contributed by atoms with Crippen LogP contribution in [-0.2, 0) is 16.1 Å². The number of Topliss-reactive ketones (excluding diaryl/α,β-unsaturated/α-hetero) is 1. The second-order valence-electron chi connectivity index (χ2n) is 12.1. The Morgan fingerprint density at radius 1 is 1.03 bits per heavy atom. The lowest BCUT2D eigenvalue weighted by Crippen LogP contribution is -2.57. The molecule has 4 aliphatic carbocycles. The number of carbonyl (C=O) groups excluding carboxylic acids is 1. The van der Waals surface area contributed by atoms with Crippen LogP contribution in [-0.4, -0.2) is 27.4 Å². The van der Waals surface area contributed by atoms with E-state index < -0.39 is 11.4 Å². The lowest BCUT2D eigenvalue weighted by Gasteiger charge is -2.59. The maximum Gasteiger partial charge on any atom is 0.169 e. The van der Waals surface area contributed by atoms with Gasteiger partial charge in [-0.25, -0.2) is 0 Å². The molecule has 0 saturated heterocycles. The summed E-state index contributed by atoms with van der Waals surface area (Å²) < 4.78 is 6.11. The summed E-state index contributed by atoms with van der Waals surface area (Å²) in [7, 11) is 0. The minimum Gasteiger partial charge on any atom is -0.382 e. The van der Waals surface area contributed by atoms with E-state index in [4.69, 9.17) is 4.74 Å². The summed E-state index contributed by atoms with van der Waals surface area (Å²) in [5.41, 5.74) is 2.26. The molecule has 1 aromatic rings. The predicted molar refractivity (Wildman–Crippen MR) is 128 cm³/mol. The molecule has 4 heteroatoms. The molecule has 4 aliphatic rings. The average molecular weight is 453 g/mol. The van der Waals surface area contributed by atoms with Gasteiger partial charge >= 0.3 is 0 Å². The van der Waals surface area contributed by atoms with Crippen molar-refractivity contribution in [2.45, 2.75) is 97.1 Å². The van der Waals surface area contributed by atoms with Gasteiger partial charge in [0.15, 0.2) is 11.6 Å². The molecule has 0 heterocycles. The lowest BCUT2D eigenvalue weighted by atomic mass is 9.46. The van der Waals surface area contributed by atoms with Gasteiger partial charge in [0.05, 0.1) is 6.61 Å². The number of fused-ring (bicyclic) bond motifs is 5. The number of ether oxygens (including phenoxy) is 1. The molecule has 0 radical (unpaired) electrons. The van der Waals surface area contributed by atoms with Crippen LogP contribution in [0.2, 0.25) is 0 Å². The molecule has 0 bridgehead atoms. The van der Waals surface area contributed by atoms with Crippen LogP contribution < -0.4 is 0 Å². The van der Waals surface area contributed by atoms with Gasteiger partial charge in [-0.1, -0.05) is 55.3 Å². The SMILES string of the molecule is CC(=O)C1(O)CCC2C3CC=C4CC(O)(OCc5ccc(C)cc5)CCC4(C)C3CCC21C. The largest absolute Gasteiger partial charge is 0.382 e. The van der Waals surface area contributed by atoms with E-state index >= 15 is 0 Å². The van der Waals surface area contributed by atoms with E-state index in [-0.39, 0.29) is 16.6 Å². The van der Waals surface area contributed by atoms with Gasteiger partial charge in [0.25, 0.3) is 0 Å². The van der Waals surface area contributed by atoms with Crippen molar-refractivity contribution in [3.05, 3.63) is 47.0 Å². The van der Waals surface area contributed by atoms with E-state index in [1.807, 2.05) is 0 Å². The van der Waals surface area contributed by atoms with Crippen molar-refractivity contribution in [2.75, 3.05) is 0 Å². The fraction of sp³-hybridized carbons (Fsp3) is 0.690. The van der Waals surface area contributed by atoms with Crippen LogP contribution in [0.1, 0.15) is 83.3 Å². The van der Waals surface area contributed by atoms with Crippen LogP contribution in [0.4, 0.5) is 0 Å². The summed E-state index contributed by atoms with van der Waals surface area (Å²) in [4.78, 5) is 12.4. The van der Waals surface area contributed by atoms with Gasteiger partial charge in [-0.3, -0.25) is 4.79 Å². The van der Waals surface area contributed by atoms with Crippen molar-refractivity contribution in [2.24, 2.45) is 28.6 Å². The Morgan fingerprint density at radius 3 is 2.42 bits per heavy atom. The number of rotatable bonds is 4. The first-order chi connectivity index (χ1) is 15.5. The smallest absolute Gasteiger partial charge is 0.169 e. The molecule has 2 N–H and O–H groups in total. The van der Waals surface area contributed by atoms with Crippen LogP contribution >= 0.6 is 0 Å². The van der Waals surface area contributed by atoms with E-state index in [0.29, 0.717) is 43.6 Å². The Hall–Kier alpha value is -1.49. The van der Waals surface area contributed by atoms with Crippen LogP contribution in [0.3, 0.4) is 0 Å². The third-order valence-corrected chi connectivity index (χ3v) is 10.5. The summed E-state index contributed by atoms with van der Waals surface area (Å²) >= 11 is 0. The summed E-state index contributed by atoms with van der Waals surface area (Å²) in [6, 6.07) is 8.30. The fourth-order valence-corrected chi connectivity index (χ4v) is 8.24. The molecular weight excluding hydrogens is 412 g/mol. The summed E-state index contributed by atoms with van der Waals surface area (Å²) in [5.74, 6) is 0.280. The van der Waals surface area contributed by atoms with E-state index in [0.717, 1.165) is 37.7 Å². The first kappa shape index (κ1) is 23.3. The zero-order valence-electron chi connectivity index (χ0n) is 20.7. The molecule has 1 aromatic carbocycles. The minimum absolute atomic E-state index is 0.0577. The highest BCUT2D eigenvalue weighted by Crippen LogP contribution is 2.67. The lowest BCUT2D eigenvalue weighted by molar-refractivity contribution is -0.232. The van der Waals surface area contributed by atoms with Gasteiger partial charge in [0, 0.05) is 18.3 Å². The Labute approximate surface area is 198 Å². The Balaban J connectivity index is 1.34. The number of hydrogen-bond acceptors (Lipinski definition) is 4. The molecule has 3 saturated carbocycles. The maximum atomic E-state index is 12.4. The van der Waals surface area contributed by atoms with Gasteiger partial charge in [0.2, 0.25) is 0 Å². The van der Waals surface area contributed by atoms with Crippen molar-refractivity contribution in [3.8, 4) is 0 Å². The van der Waals surface area contributed by atoms with E-state index in [1.54, 1.807) is 6.92 Å². The topological polar surface area (TPSA) is 66.8 Å². The first-order valence-electron chi connectivity index (χ1n) is 12.9.